The van der Waals surface area contributed by atoms with E-state index in [1.165, 1.54) is 128 Å². The average Bonchev–Trinajstić information content (AvgIpc) is 3.29. The summed E-state index contributed by atoms with van der Waals surface area (Å²) in [6, 6.07) is -0.739. The molecular weight excluding hydrogens is 835 g/mol. The monoisotopic (exact) mass is 938 g/mol. The van der Waals surface area contributed by atoms with Gasteiger partial charge in [-0.15, -0.1) is 0 Å². The molecule has 8 heteroatoms. The van der Waals surface area contributed by atoms with E-state index in [9.17, 15) is 19.5 Å². The molecule has 2 unspecified atom stereocenters. The number of carboxylic acid groups (broad SMARTS) is 1. The predicted octanol–water partition coefficient (Wildman–Crippen LogP) is 14.9. The highest BCUT2D eigenvalue weighted by Gasteiger charge is 2.25. The largest absolute Gasteiger partial charge is 0.544 e. The number of hydrogen-bond acceptors (Lipinski definition) is 7. The molecule has 0 N–H and O–H groups in total. The molecule has 0 radical (unpaired) electrons. The Morgan fingerprint density at radius 3 is 1.22 bits per heavy atom. The number of allylic oxidation sites excluding steroid dienone is 12. The molecule has 0 aliphatic carbocycles. The summed E-state index contributed by atoms with van der Waals surface area (Å²) in [6.45, 7) is 4.51. The molecule has 0 spiro atoms. The lowest BCUT2D eigenvalue weighted by Gasteiger charge is -2.34. The van der Waals surface area contributed by atoms with E-state index in [4.69, 9.17) is 14.2 Å². The minimum Gasteiger partial charge on any atom is -0.544 e. The van der Waals surface area contributed by atoms with Crippen LogP contribution in [0.4, 0.5) is 0 Å². The maximum absolute atomic E-state index is 12.8. The van der Waals surface area contributed by atoms with E-state index >= 15 is 0 Å². The predicted molar refractivity (Wildman–Crippen MR) is 282 cm³/mol. The van der Waals surface area contributed by atoms with E-state index in [0.29, 0.717) is 12.8 Å². The summed E-state index contributed by atoms with van der Waals surface area (Å²) in [5.41, 5.74) is 0. The molecule has 8 nitrogen and oxygen atoms in total. The van der Waals surface area contributed by atoms with Crippen LogP contribution in [-0.4, -0.2) is 75.5 Å². The molecule has 0 amide bonds. The van der Waals surface area contributed by atoms with Crippen LogP contribution in [0.1, 0.15) is 232 Å². The summed E-state index contributed by atoms with van der Waals surface area (Å²) < 4.78 is 17.2. The molecule has 2 atom stereocenters. The van der Waals surface area contributed by atoms with Gasteiger partial charge in [-0.3, -0.25) is 9.59 Å². The smallest absolute Gasteiger partial charge is 0.306 e. The molecule has 0 aromatic carbocycles. The fourth-order valence-electron chi connectivity index (χ4n) is 7.91. The Bertz CT molecular complexity index is 1320. The highest BCUT2D eigenvalue weighted by molar-refractivity contribution is 5.70. The van der Waals surface area contributed by atoms with Crippen LogP contribution in [0.2, 0.25) is 0 Å². The second-order valence-corrected chi connectivity index (χ2v) is 19.4. The van der Waals surface area contributed by atoms with Crippen molar-refractivity contribution in [2.75, 3.05) is 41.0 Å². The van der Waals surface area contributed by atoms with Crippen LogP contribution < -0.4 is 5.11 Å². The van der Waals surface area contributed by atoms with Gasteiger partial charge in [0.2, 0.25) is 0 Å². The number of likely N-dealkylation sites (N-methyl/N-ethyl adjacent to an activating group) is 1. The number of hydrogen-bond donors (Lipinski definition) is 0. The molecule has 0 rings (SSSR count). The number of carbonyl (C=O) groups is 3. The Kier molecular flexibility index (Phi) is 46.8. The van der Waals surface area contributed by atoms with Gasteiger partial charge in [-0.25, -0.2) is 0 Å². The Morgan fingerprint density at radius 1 is 0.463 bits per heavy atom. The summed E-state index contributed by atoms with van der Waals surface area (Å²) >= 11 is 0. The van der Waals surface area contributed by atoms with Gasteiger partial charge in [0, 0.05) is 19.3 Å². The first-order chi connectivity index (χ1) is 32.6. The molecule has 0 aromatic heterocycles. The Balaban J connectivity index is 4.26. The summed E-state index contributed by atoms with van der Waals surface area (Å²) in [5, 5.41) is 11.7. The van der Waals surface area contributed by atoms with Crippen molar-refractivity contribution in [2.24, 2.45) is 0 Å². The van der Waals surface area contributed by atoms with Crippen LogP contribution in [0.15, 0.2) is 72.9 Å². The summed E-state index contributed by atoms with van der Waals surface area (Å²) in [7, 11) is 5.40. The second-order valence-electron chi connectivity index (χ2n) is 19.4. The third-order valence-corrected chi connectivity index (χ3v) is 12.1. The van der Waals surface area contributed by atoms with Gasteiger partial charge in [0.05, 0.1) is 40.3 Å². The number of quaternary nitrogens is 1. The van der Waals surface area contributed by atoms with Gasteiger partial charge in [-0.05, 0) is 57.8 Å². The summed E-state index contributed by atoms with van der Waals surface area (Å²) in [6.07, 6.45) is 63.8. The molecule has 0 aliphatic heterocycles. The fourth-order valence-corrected chi connectivity index (χ4v) is 7.91. The summed E-state index contributed by atoms with van der Waals surface area (Å²) in [5.74, 6) is -1.81. The molecule has 0 saturated heterocycles. The molecule has 0 aliphatic rings. The standard InChI is InChI=1S/C59H103NO7/c1-6-8-10-12-14-16-18-20-22-24-26-28-29-30-32-33-35-37-39-41-43-45-47-49-57(61)66-54-55(53-65-52-51-56(59(63)64)60(3,4)5)67-58(62)50-48-46-44-42-40-38-36-34-31-27-25-23-21-19-17-15-13-11-9-7-2/h9,11,15,17,21,23,27,31,36,38,42,44,55-56H,6-8,10,12-14,16,18-20,22,24-26,28-30,32-35,37,39-41,43,45-54H2,1-5H3/b11-9+,17-15+,23-21+,31-27+,38-36+,44-42+. The molecule has 0 aromatic rings. The number of carbonyl (C=O) groups excluding carboxylic acids is 3. The van der Waals surface area contributed by atoms with Gasteiger partial charge in [0.25, 0.3) is 0 Å². The lowest BCUT2D eigenvalue weighted by atomic mass is 10.0. The maximum atomic E-state index is 12.8. The van der Waals surface area contributed by atoms with Crippen molar-refractivity contribution in [2.45, 2.75) is 244 Å². The molecule has 67 heavy (non-hydrogen) atoms. The van der Waals surface area contributed by atoms with Gasteiger partial charge in [-0.1, -0.05) is 228 Å². The third kappa shape index (κ3) is 47.6. The molecule has 0 heterocycles. The molecular formula is C59H103NO7. The Hall–Kier alpha value is -3.23. The van der Waals surface area contributed by atoms with Crippen molar-refractivity contribution < 1.29 is 38.2 Å². The van der Waals surface area contributed by atoms with Crippen LogP contribution in [0.5, 0.6) is 0 Å². The van der Waals surface area contributed by atoms with E-state index in [2.05, 4.69) is 86.8 Å². The van der Waals surface area contributed by atoms with E-state index in [1.807, 2.05) is 0 Å². The van der Waals surface area contributed by atoms with E-state index in [1.54, 1.807) is 21.1 Å². The van der Waals surface area contributed by atoms with Crippen LogP contribution >= 0.6 is 0 Å². The minimum atomic E-state index is -1.13. The van der Waals surface area contributed by atoms with Crippen LogP contribution in [0.25, 0.3) is 0 Å². The number of nitrogens with zero attached hydrogens (tertiary/aromatic N) is 1. The van der Waals surface area contributed by atoms with Crippen molar-refractivity contribution in [3.8, 4) is 0 Å². The van der Waals surface area contributed by atoms with Gasteiger partial charge in [0.1, 0.15) is 12.6 Å². The van der Waals surface area contributed by atoms with Gasteiger partial charge in [-0.2, -0.15) is 0 Å². The van der Waals surface area contributed by atoms with Crippen molar-refractivity contribution in [1.29, 1.82) is 0 Å². The lowest BCUT2D eigenvalue weighted by molar-refractivity contribution is -0.889. The SMILES string of the molecule is CC/C=C/C/C=C/C/C=C/C/C=C/C/C=C/C/C=C/CCCC(=O)OC(COCCC(C(=O)[O-])[N+](C)(C)C)COC(=O)CCCCCCCCCCCCCCCCCCCCCCCCC. The van der Waals surface area contributed by atoms with Crippen LogP contribution in [0, 0.1) is 0 Å². The van der Waals surface area contributed by atoms with Gasteiger partial charge in [0.15, 0.2) is 6.10 Å². The Morgan fingerprint density at radius 2 is 0.836 bits per heavy atom. The number of ether oxygens (including phenoxy) is 3. The second kappa shape index (κ2) is 49.2. The van der Waals surface area contributed by atoms with Crippen LogP contribution in [0.3, 0.4) is 0 Å². The first-order valence-electron chi connectivity index (χ1n) is 27.5. The Labute approximate surface area is 412 Å². The quantitative estimate of drug-likeness (QED) is 0.0259. The highest BCUT2D eigenvalue weighted by atomic mass is 16.6. The van der Waals surface area contributed by atoms with E-state index in [-0.39, 0.29) is 49.1 Å². The number of aliphatic carboxylic acids is 1. The summed E-state index contributed by atoms with van der Waals surface area (Å²) in [4.78, 5) is 37.1. The van der Waals surface area contributed by atoms with Gasteiger partial charge < -0.3 is 28.6 Å². The normalized spacial score (nSPS) is 13.4. The topological polar surface area (TPSA) is 102 Å². The van der Waals surface area contributed by atoms with Crippen molar-refractivity contribution in [3.05, 3.63) is 72.9 Å². The molecule has 0 fully saturated rings. The zero-order chi connectivity index (χ0) is 49.2. The van der Waals surface area contributed by atoms with E-state index in [0.717, 1.165) is 64.2 Å². The molecule has 386 valence electrons. The highest BCUT2D eigenvalue weighted by Crippen LogP contribution is 2.16. The molecule has 0 bridgehead atoms. The first kappa shape index (κ1) is 63.8. The number of carboxylic acids is 1. The number of unbranched alkanes of at least 4 members (excludes halogenated alkanes) is 23. The molecule has 0 saturated carbocycles. The van der Waals surface area contributed by atoms with Crippen molar-refractivity contribution in [3.63, 3.8) is 0 Å². The van der Waals surface area contributed by atoms with Crippen molar-refractivity contribution in [1.82, 2.24) is 0 Å². The van der Waals surface area contributed by atoms with E-state index < -0.39 is 18.1 Å². The fraction of sp³-hybridized carbons (Fsp3) is 0.746. The van der Waals surface area contributed by atoms with Crippen LogP contribution in [-0.2, 0) is 28.6 Å². The zero-order valence-electron chi connectivity index (χ0n) is 44.1. The van der Waals surface area contributed by atoms with Crippen molar-refractivity contribution >= 4 is 17.9 Å². The number of esters is 2. The zero-order valence-corrected chi connectivity index (χ0v) is 44.1. The maximum Gasteiger partial charge on any atom is 0.306 e. The van der Waals surface area contributed by atoms with Gasteiger partial charge >= 0.3 is 11.9 Å². The minimum absolute atomic E-state index is 0.0164. The number of rotatable bonds is 49. The third-order valence-electron chi connectivity index (χ3n) is 12.1. The lowest BCUT2D eigenvalue weighted by Crippen LogP contribution is -2.55. The average molecular weight is 938 g/mol. The first-order valence-corrected chi connectivity index (χ1v) is 27.5.